The first kappa shape index (κ1) is 22.4. The van der Waals surface area contributed by atoms with E-state index in [4.69, 9.17) is 15.5 Å². The van der Waals surface area contributed by atoms with Crippen molar-refractivity contribution < 1.29 is 9.29 Å². The van der Waals surface area contributed by atoms with Crippen LogP contribution in [0.1, 0.15) is 31.2 Å². The number of hydrogen-bond acceptors (Lipinski definition) is 6. The number of aromatic nitrogens is 3. The molecule has 0 bridgehead atoms. The fourth-order valence-corrected chi connectivity index (χ4v) is 4.32. The molecule has 1 atom stereocenters. The first-order valence-corrected chi connectivity index (χ1v) is 12.4. The van der Waals surface area contributed by atoms with Crippen LogP contribution in [0.5, 0.6) is 5.75 Å². The van der Waals surface area contributed by atoms with E-state index in [1.54, 1.807) is 6.26 Å². The van der Waals surface area contributed by atoms with Crippen LogP contribution in [-0.2, 0) is 30.9 Å². The molecule has 0 amide bonds. The van der Waals surface area contributed by atoms with Crippen molar-refractivity contribution >= 4 is 39.1 Å². The number of nitrogens with zero attached hydrogens (tertiary/aromatic N) is 3. The lowest BCUT2D eigenvalue weighted by Gasteiger charge is -2.12. The second-order valence-electron chi connectivity index (χ2n) is 7.74. The topological polar surface area (TPSA) is 101 Å². The second-order valence-corrected chi connectivity index (χ2v) is 8.93. The smallest absolute Gasteiger partial charge is 0.152 e. The van der Waals surface area contributed by atoms with Gasteiger partial charge in [-0.25, -0.2) is 9.97 Å². The summed E-state index contributed by atoms with van der Waals surface area (Å²) in [5, 5.41) is 1.02. The lowest BCUT2D eigenvalue weighted by atomic mass is 10.1. The van der Waals surface area contributed by atoms with Gasteiger partial charge in [0.1, 0.15) is 30.0 Å². The van der Waals surface area contributed by atoms with Crippen molar-refractivity contribution in [1.82, 2.24) is 19.3 Å². The third-order valence-corrected chi connectivity index (χ3v) is 6.04. The molecule has 2 aromatic heterocycles. The zero-order chi connectivity index (χ0) is 22.5. The number of anilines is 1. The van der Waals surface area contributed by atoms with Gasteiger partial charge in [0.15, 0.2) is 5.82 Å². The van der Waals surface area contributed by atoms with E-state index in [0.717, 1.165) is 71.4 Å². The number of ether oxygens (including phenoxy) is 1. The number of benzene rings is 2. The average molecular weight is 452 g/mol. The SMILES string of the molecule is CCc1nc2c(N)nc3cc(OCc4ccccc4)ccc3c2n1CCCCN[S+](C)[O-]. The molecule has 4 aromatic rings. The largest absolute Gasteiger partial charge is 0.598 e. The van der Waals surface area contributed by atoms with Crippen LogP contribution in [0, 0.1) is 0 Å². The van der Waals surface area contributed by atoms with E-state index in [-0.39, 0.29) is 0 Å². The van der Waals surface area contributed by atoms with Gasteiger partial charge in [-0.2, -0.15) is 0 Å². The van der Waals surface area contributed by atoms with Crippen LogP contribution in [0.25, 0.3) is 21.9 Å². The Hall–Kier alpha value is -2.81. The number of aryl methyl sites for hydroxylation is 2. The predicted molar refractivity (Wildman–Crippen MR) is 131 cm³/mol. The van der Waals surface area contributed by atoms with Crippen molar-refractivity contribution in [2.45, 2.75) is 39.3 Å². The third kappa shape index (κ3) is 4.98. The van der Waals surface area contributed by atoms with Gasteiger partial charge in [0.05, 0.1) is 11.0 Å². The molecular weight excluding hydrogens is 422 g/mol. The van der Waals surface area contributed by atoms with Crippen LogP contribution >= 0.6 is 0 Å². The van der Waals surface area contributed by atoms with E-state index in [0.29, 0.717) is 12.4 Å². The summed E-state index contributed by atoms with van der Waals surface area (Å²) >= 11 is -0.978. The van der Waals surface area contributed by atoms with E-state index >= 15 is 0 Å². The van der Waals surface area contributed by atoms with Crippen LogP contribution in [0.3, 0.4) is 0 Å². The van der Waals surface area contributed by atoms with Gasteiger partial charge in [-0.15, -0.1) is 4.72 Å². The number of hydrogen-bond donors (Lipinski definition) is 2. The van der Waals surface area contributed by atoms with E-state index in [1.165, 1.54) is 0 Å². The number of unbranched alkanes of at least 4 members (excludes halogenated alkanes) is 1. The molecule has 0 aliphatic rings. The summed E-state index contributed by atoms with van der Waals surface area (Å²) < 4.78 is 22.4. The third-order valence-electron chi connectivity index (χ3n) is 5.43. The van der Waals surface area contributed by atoms with Gasteiger partial charge in [-0.05, 0) is 30.5 Å². The van der Waals surface area contributed by atoms with Gasteiger partial charge in [0.2, 0.25) is 0 Å². The molecule has 0 saturated carbocycles. The Morgan fingerprint density at radius 1 is 1.12 bits per heavy atom. The summed E-state index contributed by atoms with van der Waals surface area (Å²) in [4.78, 5) is 9.40. The van der Waals surface area contributed by atoms with Crippen molar-refractivity contribution in [3.8, 4) is 5.75 Å². The van der Waals surface area contributed by atoms with Crippen molar-refractivity contribution in [1.29, 1.82) is 0 Å². The van der Waals surface area contributed by atoms with Crippen LogP contribution < -0.4 is 15.2 Å². The highest BCUT2D eigenvalue weighted by Gasteiger charge is 2.17. The van der Waals surface area contributed by atoms with E-state index in [9.17, 15) is 4.55 Å². The van der Waals surface area contributed by atoms with Gasteiger partial charge in [0.25, 0.3) is 0 Å². The molecule has 0 fully saturated rings. The molecule has 0 aliphatic heterocycles. The molecule has 0 saturated heterocycles. The number of nitrogens with two attached hydrogens (primary N) is 1. The van der Waals surface area contributed by atoms with Gasteiger partial charge in [0, 0.05) is 42.3 Å². The van der Waals surface area contributed by atoms with Gasteiger partial charge >= 0.3 is 0 Å². The summed E-state index contributed by atoms with van der Waals surface area (Å²) in [6.45, 7) is 4.14. The minimum absolute atomic E-state index is 0.434. The predicted octanol–water partition coefficient (Wildman–Crippen LogP) is 3.97. The molecular formula is C24H29N5O2S. The first-order valence-electron chi connectivity index (χ1n) is 10.9. The highest BCUT2D eigenvalue weighted by Crippen LogP contribution is 2.31. The highest BCUT2D eigenvalue weighted by atomic mass is 32.2. The Kier molecular flexibility index (Phi) is 7.14. The molecule has 0 radical (unpaired) electrons. The maximum atomic E-state index is 11.2. The number of nitrogens with one attached hydrogen (secondary N) is 1. The average Bonchev–Trinajstić information content (AvgIpc) is 3.17. The van der Waals surface area contributed by atoms with Crippen LogP contribution in [0.2, 0.25) is 0 Å². The minimum Gasteiger partial charge on any atom is -0.598 e. The molecule has 0 aliphatic carbocycles. The minimum atomic E-state index is -0.978. The molecule has 168 valence electrons. The van der Waals surface area contributed by atoms with E-state index < -0.39 is 11.4 Å². The second kappa shape index (κ2) is 10.2. The zero-order valence-electron chi connectivity index (χ0n) is 18.5. The Balaban J connectivity index is 1.62. The molecule has 8 heteroatoms. The van der Waals surface area contributed by atoms with Gasteiger partial charge < -0.3 is 19.6 Å². The summed E-state index contributed by atoms with van der Waals surface area (Å²) in [6.07, 6.45) is 4.34. The zero-order valence-corrected chi connectivity index (χ0v) is 19.3. The monoisotopic (exact) mass is 451 g/mol. The number of pyridine rings is 1. The van der Waals surface area contributed by atoms with Crippen molar-refractivity contribution in [3.63, 3.8) is 0 Å². The Morgan fingerprint density at radius 2 is 1.94 bits per heavy atom. The number of fused-ring (bicyclic) bond motifs is 3. The molecule has 7 nitrogen and oxygen atoms in total. The molecule has 2 heterocycles. The van der Waals surface area contributed by atoms with Crippen LogP contribution in [-0.4, -0.2) is 31.9 Å². The summed E-state index contributed by atoms with van der Waals surface area (Å²) in [5.41, 5.74) is 9.99. The molecule has 4 rings (SSSR count). The van der Waals surface area contributed by atoms with Crippen molar-refractivity contribution in [2.75, 3.05) is 18.5 Å². The lowest BCUT2D eigenvalue weighted by molar-refractivity contribution is 0.306. The Labute approximate surface area is 191 Å². The Bertz CT molecular complexity index is 1190. The maximum Gasteiger partial charge on any atom is 0.152 e. The molecule has 2 aromatic carbocycles. The quantitative estimate of drug-likeness (QED) is 0.279. The molecule has 1 unspecified atom stereocenters. The Morgan fingerprint density at radius 3 is 2.69 bits per heavy atom. The standard InChI is InChI=1S/C24H29N5O2S/c1-3-21-28-22-23(29(21)14-8-7-13-26-32(2)30)19-12-11-18(15-20(19)27-24(22)25)31-16-17-9-5-4-6-10-17/h4-6,9-12,15,26H,3,7-8,13-14,16H2,1-2H3,(H2,25,27). The van der Waals surface area contributed by atoms with E-state index in [2.05, 4.69) is 21.2 Å². The summed E-state index contributed by atoms with van der Waals surface area (Å²) in [7, 11) is 0. The van der Waals surface area contributed by atoms with Crippen molar-refractivity contribution in [2.24, 2.45) is 0 Å². The molecule has 0 spiro atoms. The van der Waals surface area contributed by atoms with Crippen LogP contribution in [0.4, 0.5) is 5.82 Å². The first-order chi connectivity index (χ1) is 15.6. The van der Waals surface area contributed by atoms with E-state index in [1.807, 2.05) is 48.5 Å². The lowest BCUT2D eigenvalue weighted by Crippen LogP contribution is -2.23. The summed E-state index contributed by atoms with van der Waals surface area (Å²) in [5.74, 6) is 2.19. The fraction of sp³-hybridized carbons (Fsp3) is 0.333. The maximum absolute atomic E-state index is 11.2. The van der Waals surface area contributed by atoms with Gasteiger partial charge in [-0.1, -0.05) is 37.3 Å². The number of rotatable bonds is 10. The fourth-order valence-electron chi connectivity index (χ4n) is 3.89. The molecule has 3 N–H and O–H groups in total. The number of nitrogen functional groups attached to an aromatic ring is 1. The highest BCUT2D eigenvalue weighted by molar-refractivity contribution is 7.88. The molecule has 32 heavy (non-hydrogen) atoms. The normalized spacial score (nSPS) is 12.5. The number of imidazole rings is 1. The van der Waals surface area contributed by atoms with Gasteiger partial charge in [-0.3, -0.25) is 0 Å². The van der Waals surface area contributed by atoms with Crippen molar-refractivity contribution in [3.05, 3.63) is 59.9 Å². The van der Waals surface area contributed by atoms with Crippen LogP contribution in [0.15, 0.2) is 48.5 Å². The summed E-state index contributed by atoms with van der Waals surface area (Å²) in [6, 6.07) is 16.0.